The van der Waals surface area contributed by atoms with Gasteiger partial charge in [0.2, 0.25) is 0 Å². The van der Waals surface area contributed by atoms with Crippen LogP contribution >= 0.6 is 11.8 Å². The van der Waals surface area contributed by atoms with Crippen molar-refractivity contribution in [1.82, 2.24) is 14.8 Å². The number of hydrogen-bond acceptors (Lipinski definition) is 4. The van der Waals surface area contributed by atoms with E-state index in [4.69, 9.17) is 0 Å². The molecule has 0 aliphatic heterocycles. The van der Waals surface area contributed by atoms with Crippen LogP contribution in [0.15, 0.2) is 66.3 Å². The predicted octanol–water partition coefficient (Wildman–Crippen LogP) is 4.38. The number of thioether (sulfide) groups is 1. The first-order valence-corrected chi connectivity index (χ1v) is 8.79. The molecule has 1 aromatic heterocycles. The zero-order valence-electron chi connectivity index (χ0n) is 13.7. The highest BCUT2D eigenvalue weighted by molar-refractivity contribution is 7.99. The fraction of sp³-hybridized carbons (Fsp3) is 0.105. The summed E-state index contributed by atoms with van der Waals surface area (Å²) in [5.74, 6) is -0.466. The molecule has 0 aliphatic rings. The molecule has 0 radical (unpaired) electrons. The van der Waals surface area contributed by atoms with Gasteiger partial charge in [-0.15, -0.1) is 16.8 Å². The number of benzene rings is 2. The van der Waals surface area contributed by atoms with Gasteiger partial charge in [0.25, 0.3) is 0 Å². The van der Waals surface area contributed by atoms with Crippen LogP contribution in [0.2, 0.25) is 0 Å². The Hall–Kier alpha value is -2.80. The van der Waals surface area contributed by atoms with Crippen LogP contribution < -0.4 is 0 Å². The maximum absolute atomic E-state index is 14.1. The van der Waals surface area contributed by atoms with Gasteiger partial charge in [-0.1, -0.05) is 30.0 Å². The van der Waals surface area contributed by atoms with Gasteiger partial charge >= 0.3 is 0 Å². The first-order valence-electron chi connectivity index (χ1n) is 7.80. The molecule has 0 saturated heterocycles. The quantitative estimate of drug-likeness (QED) is 0.351. The summed E-state index contributed by atoms with van der Waals surface area (Å²) < 4.78 is 28.7. The molecule has 4 nitrogen and oxygen atoms in total. The van der Waals surface area contributed by atoms with Gasteiger partial charge < -0.3 is 0 Å². The third kappa shape index (κ3) is 3.88. The Kier molecular flexibility index (Phi) is 5.58. The molecule has 0 fully saturated rings. The fourth-order valence-corrected chi connectivity index (χ4v) is 3.22. The molecule has 3 aromatic rings. The molecule has 7 heteroatoms. The number of carbonyl (C=O) groups excluding carboxylic acids is 1. The van der Waals surface area contributed by atoms with Gasteiger partial charge in [0.05, 0.1) is 11.3 Å². The first kappa shape index (κ1) is 18.0. The summed E-state index contributed by atoms with van der Waals surface area (Å²) >= 11 is 1.19. The van der Waals surface area contributed by atoms with Crippen molar-refractivity contribution in [2.75, 3.05) is 5.75 Å². The molecule has 2 aromatic carbocycles. The lowest BCUT2D eigenvalue weighted by molar-refractivity contribution is 0.102. The van der Waals surface area contributed by atoms with Crippen molar-refractivity contribution in [3.8, 4) is 11.4 Å². The van der Waals surface area contributed by atoms with Gasteiger partial charge in [-0.05, 0) is 36.4 Å². The zero-order chi connectivity index (χ0) is 18.5. The Morgan fingerprint density at radius 2 is 1.85 bits per heavy atom. The Labute approximate surface area is 153 Å². The third-order valence-electron chi connectivity index (χ3n) is 3.64. The molecule has 26 heavy (non-hydrogen) atoms. The van der Waals surface area contributed by atoms with E-state index in [1.54, 1.807) is 28.8 Å². The Balaban J connectivity index is 1.82. The number of aromatic nitrogens is 3. The van der Waals surface area contributed by atoms with E-state index in [0.717, 1.165) is 0 Å². The van der Waals surface area contributed by atoms with Crippen molar-refractivity contribution in [2.45, 2.75) is 11.7 Å². The Bertz CT molecular complexity index is 938. The summed E-state index contributed by atoms with van der Waals surface area (Å²) in [7, 11) is 0. The van der Waals surface area contributed by atoms with Gasteiger partial charge in [0.15, 0.2) is 16.8 Å². The van der Waals surface area contributed by atoms with Gasteiger partial charge in [0, 0.05) is 12.1 Å². The smallest absolute Gasteiger partial charge is 0.192 e. The molecule has 3 rings (SSSR count). The van der Waals surface area contributed by atoms with E-state index in [2.05, 4.69) is 16.8 Å². The van der Waals surface area contributed by atoms with Crippen LogP contribution in [-0.2, 0) is 6.54 Å². The zero-order valence-corrected chi connectivity index (χ0v) is 14.5. The second-order valence-electron chi connectivity index (χ2n) is 5.40. The molecule has 0 amide bonds. The van der Waals surface area contributed by atoms with Crippen LogP contribution in [-0.4, -0.2) is 26.3 Å². The Morgan fingerprint density at radius 1 is 1.12 bits per heavy atom. The van der Waals surface area contributed by atoms with E-state index in [0.29, 0.717) is 28.7 Å². The highest BCUT2D eigenvalue weighted by Gasteiger charge is 2.17. The van der Waals surface area contributed by atoms with Crippen LogP contribution in [0.25, 0.3) is 11.4 Å². The molecular weight excluding hydrogens is 356 g/mol. The summed E-state index contributed by atoms with van der Waals surface area (Å²) in [6, 6.07) is 11.7. The van der Waals surface area contributed by atoms with Crippen LogP contribution in [0.1, 0.15) is 10.4 Å². The van der Waals surface area contributed by atoms with E-state index in [-0.39, 0.29) is 11.5 Å². The summed E-state index contributed by atoms with van der Waals surface area (Å²) in [4.78, 5) is 12.2. The van der Waals surface area contributed by atoms with Gasteiger partial charge in [-0.3, -0.25) is 9.36 Å². The second kappa shape index (κ2) is 8.05. The summed E-state index contributed by atoms with van der Waals surface area (Å²) in [6.45, 7) is 4.08. The number of hydrogen-bond donors (Lipinski definition) is 0. The lowest BCUT2D eigenvalue weighted by Crippen LogP contribution is -2.06. The van der Waals surface area contributed by atoms with E-state index in [9.17, 15) is 13.6 Å². The molecule has 0 atom stereocenters. The van der Waals surface area contributed by atoms with Crippen LogP contribution in [0, 0.1) is 11.6 Å². The second-order valence-corrected chi connectivity index (χ2v) is 6.35. The average molecular weight is 371 g/mol. The maximum Gasteiger partial charge on any atom is 0.192 e. The Morgan fingerprint density at radius 3 is 2.54 bits per heavy atom. The molecule has 132 valence electrons. The molecule has 0 saturated carbocycles. The largest absolute Gasteiger partial charge is 0.298 e. The highest BCUT2D eigenvalue weighted by Crippen LogP contribution is 2.26. The van der Waals surface area contributed by atoms with Crippen LogP contribution in [0.4, 0.5) is 8.78 Å². The summed E-state index contributed by atoms with van der Waals surface area (Å²) in [5.41, 5.74) is 0.751. The highest BCUT2D eigenvalue weighted by atomic mass is 32.2. The first-order chi connectivity index (χ1) is 12.6. The standard InChI is InChI=1S/C19H15F2N3OS/c1-2-11-24-18(15-5-3-4-6-16(15)21)22-23-19(24)26-12-17(25)13-7-9-14(20)10-8-13/h2-10H,1,11-12H2. The minimum absolute atomic E-state index is 0.109. The molecular formula is C19H15F2N3OS. The van der Waals surface area contributed by atoms with E-state index >= 15 is 0 Å². The summed E-state index contributed by atoms with van der Waals surface area (Å²) in [5, 5.41) is 8.64. The fourth-order valence-electron chi connectivity index (χ4n) is 2.38. The van der Waals surface area contributed by atoms with Crippen molar-refractivity contribution in [2.24, 2.45) is 0 Å². The topological polar surface area (TPSA) is 47.8 Å². The van der Waals surface area contributed by atoms with Crippen molar-refractivity contribution in [3.63, 3.8) is 0 Å². The molecule has 0 bridgehead atoms. The number of nitrogens with zero attached hydrogens (tertiary/aromatic N) is 3. The van der Waals surface area contributed by atoms with Gasteiger partial charge in [0.1, 0.15) is 11.6 Å². The van der Waals surface area contributed by atoms with Crippen LogP contribution in [0.5, 0.6) is 0 Å². The summed E-state index contributed by atoms with van der Waals surface area (Å²) in [6.07, 6.45) is 1.65. The minimum atomic E-state index is -0.399. The molecule has 0 aliphatic carbocycles. The number of Topliss-reactive ketones (excluding diaryl/α,β-unsaturated/α-hetero) is 1. The number of rotatable bonds is 7. The SMILES string of the molecule is C=CCn1c(SCC(=O)c2ccc(F)cc2)nnc1-c1ccccc1F. The number of carbonyl (C=O) groups is 1. The van der Waals surface area contributed by atoms with E-state index in [1.165, 1.54) is 42.1 Å². The maximum atomic E-state index is 14.1. The molecule has 0 N–H and O–H groups in total. The number of ketones is 1. The lowest BCUT2D eigenvalue weighted by atomic mass is 10.1. The lowest BCUT2D eigenvalue weighted by Gasteiger charge is -2.08. The normalized spacial score (nSPS) is 10.7. The van der Waals surface area contributed by atoms with E-state index < -0.39 is 11.6 Å². The monoisotopic (exact) mass is 371 g/mol. The molecule has 1 heterocycles. The molecule has 0 unspecified atom stereocenters. The van der Waals surface area contributed by atoms with Crippen molar-refractivity contribution < 1.29 is 13.6 Å². The van der Waals surface area contributed by atoms with Crippen molar-refractivity contribution in [1.29, 1.82) is 0 Å². The van der Waals surface area contributed by atoms with Gasteiger partial charge in [-0.2, -0.15) is 0 Å². The average Bonchev–Trinajstić information content (AvgIpc) is 3.03. The molecule has 0 spiro atoms. The van der Waals surface area contributed by atoms with Crippen molar-refractivity contribution >= 4 is 17.5 Å². The third-order valence-corrected chi connectivity index (χ3v) is 4.61. The van der Waals surface area contributed by atoms with E-state index in [1.807, 2.05) is 0 Å². The van der Waals surface area contributed by atoms with Crippen molar-refractivity contribution in [3.05, 3.63) is 78.4 Å². The number of halogens is 2. The number of allylic oxidation sites excluding steroid dienone is 1. The van der Waals surface area contributed by atoms with Crippen LogP contribution in [0.3, 0.4) is 0 Å². The van der Waals surface area contributed by atoms with Gasteiger partial charge in [-0.25, -0.2) is 8.78 Å². The minimum Gasteiger partial charge on any atom is -0.298 e. The predicted molar refractivity (Wildman–Crippen MR) is 97.1 cm³/mol.